The van der Waals surface area contributed by atoms with E-state index in [9.17, 15) is 29.4 Å². The van der Waals surface area contributed by atoms with Gasteiger partial charge in [0.05, 0.1) is 23.5 Å². The summed E-state index contributed by atoms with van der Waals surface area (Å²) < 4.78 is 12.4. The average Bonchev–Trinajstić information content (AvgIpc) is 3.47. The summed E-state index contributed by atoms with van der Waals surface area (Å²) in [5.74, 6) is -0.920. The summed E-state index contributed by atoms with van der Waals surface area (Å²) >= 11 is 6.31. The molecule has 11 atom stereocenters. The molecule has 0 spiro atoms. The maximum Gasteiger partial charge on any atom is 0.309 e. The maximum atomic E-state index is 14.2. The number of carbonyl (C=O) groups excluding carboxylic acids is 3. The van der Waals surface area contributed by atoms with Crippen LogP contribution >= 0.6 is 11.6 Å². The molecular formula is C50H73ClN2O8. The van der Waals surface area contributed by atoms with Crippen molar-refractivity contribution in [1.82, 2.24) is 10.2 Å². The predicted molar refractivity (Wildman–Crippen MR) is 236 cm³/mol. The number of rotatable bonds is 12. The van der Waals surface area contributed by atoms with E-state index in [4.69, 9.17) is 21.1 Å². The average molecular weight is 866 g/mol. The first-order chi connectivity index (χ1) is 28.4. The van der Waals surface area contributed by atoms with E-state index in [-0.39, 0.29) is 70.2 Å². The molecule has 5 saturated carbocycles. The smallest absolute Gasteiger partial charge is 0.309 e. The molecule has 0 heterocycles. The van der Waals surface area contributed by atoms with Crippen LogP contribution in [0.25, 0.3) is 0 Å². The third-order valence-electron chi connectivity index (χ3n) is 18.6. The molecule has 1 aromatic carbocycles. The number of benzene rings is 1. The highest BCUT2D eigenvalue weighted by Crippen LogP contribution is 2.77. The SMILES string of the molecule is CC(C)C1=C2[C@H]3CC[C@@H]4[C@@]5(C)CC[C@H](OC(=O)[C@H]6C[C@@H](C(=O)O)C6(C)C)C(C)(C)[C@@H]5CC[C@@]4(C)[C@]3(C)CC[C@@]2([C@@H](O)CNC(=O)c2ccc(Cl)cc2OCCN(C)C)CC1=O. The van der Waals surface area contributed by atoms with E-state index >= 15 is 0 Å². The van der Waals surface area contributed by atoms with Crippen molar-refractivity contribution in [3.8, 4) is 5.75 Å². The van der Waals surface area contributed by atoms with E-state index in [2.05, 4.69) is 53.8 Å². The lowest BCUT2D eigenvalue weighted by molar-refractivity contribution is -0.238. The Kier molecular flexibility index (Phi) is 12.0. The molecule has 0 unspecified atom stereocenters. The van der Waals surface area contributed by atoms with E-state index < -0.39 is 34.7 Å². The first-order valence-corrected chi connectivity index (χ1v) is 23.5. The number of halogens is 1. The number of amides is 1. The molecule has 0 saturated heterocycles. The van der Waals surface area contributed by atoms with Crippen LogP contribution in [-0.2, 0) is 19.1 Å². The lowest BCUT2D eigenvalue weighted by Crippen LogP contribution is -2.66. The summed E-state index contributed by atoms with van der Waals surface area (Å²) in [4.78, 5) is 55.5. The predicted octanol–water partition coefficient (Wildman–Crippen LogP) is 9.01. The van der Waals surface area contributed by atoms with Crippen LogP contribution in [-0.4, -0.2) is 84.7 Å². The highest BCUT2D eigenvalue weighted by atomic mass is 35.5. The second kappa shape index (κ2) is 15.9. The molecule has 1 aromatic rings. The van der Waals surface area contributed by atoms with E-state index in [1.54, 1.807) is 18.2 Å². The molecule has 6 aliphatic rings. The van der Waals surface area contributed by atoms with Crippen LogP contribution in [0.3, 0.4) is 0 Å². The van der Waals surface area contributed by atoms with Crippen molar-refractivity contribution in [3.05, 3.63) is 39.9 Å². The minimum Gasteiger partial charge on any atom is -0.491 e. The Bertz CT molecular complexity index is 1970. The number of likely N-dealkylation sites (N-methyl/N-ethyl adjacent to an activating group) is 1. The second-order valence-corrected chi connectivity index (χ2v) is 23.1. The van der Waals surface area contributed by atoms with Gasteiger partial charge in [-0.3, -0.25) is 19.2 Å². The quantitative estimate of drug-likeness (QED) is 0.176. The number of nitrogens with one attached hydrogen (secondary N) is 1. The van der Waals surface area contributed by atoms with Gasteiger partial charge in [-0.15, -0.1) is 0 Å². The summed E-state index contributed by atoms with van der Waals surface area (Å²) in [6, 6.07) is 4.97. The molecule has 1 amide bonds. The standard InChI is InChI=1S/C50H73ClN2O8/c1-28(2)40-34(54)26-50(38(55)27-52-42(56)30-13-12-29(51)24-35(30)60-23-22-53(10)11)21-20-48(8)31(41(40)50)14-15-37-47(7)18-17-39(46(5,6)36(47)16-19-49(37,48)9)61-44(59)33-25-32(43(57)58)45(33,3)4/h12-13,24,28,31-33,36-39,55H,14-23,25-27H2,1-11H3,(H,52,56)(H,57,58)/t31-,32+,33-,36+,37-,38+,39+,47+,48-,49-,50+/m1/s1. The number of ketones is 1. The minimum atomic E-state index is -0.945. The first kappa shape index (κ1) is 46.1. The van der Waals surface area contributed by atoms with E-state index in [0.29, 0.717) is 54.2 Å². The summed E-state index contributed by atoms with van der Waals surface area (Å²) in [5.41, 5.74) is 0.672. The lowest BCUT2D eigenvalue weighted by Gasteiger charge is -2.72. The zero-order chi connectivity index (χ0) is 44.8. The van der Waals surface area contributed by atoms with Crippen LogP contribution in [0.15, 0.2) is 29.3 Å². The number of carbonyl (C=O) groups is 4. The molecule has 0 radical (unpaired) electrons. The van der Waals surface area contributed by atoms with Crippen molar-refractivity contribution in [2.75, 3.05) is 33.8 Å². The highest BCUT2D eigenvalue weighted by molar-refractivity contribution is 6.30. The zero-order valence-corrected chi connectivity index (χ0v) is 39.5. The number of allylic oxidation sites excluding steroid dienone is 1. The summed E-state index contributed by atoms with van der Waals surface area (Å²) in [6.07, 6.45) is 6.76. The fourth-order valence-corrected chi connectivity index (χ4v) is 15.0. The Morgan fingerprint density at radius 2 is 1.61 bits per heavy atom. The molecule has 338 valence electrons. The Labute approximate surface area is 369 Å². The Hall–Kier alpha value is -2.95. The van der Waals surface area contributed by atoms with Crippen molar-refractivity contribution in [2.24, 2.45) is 68.0 Å². The maximum absolute atomic E-state index is 14.2. The third-order valence-corrected chi connectivity index (χ3v) is 18.8. The molecular weight excluding hydrogens is 792 g/mol. The molecule has 6 aliphatic carbocycles. The number of hydrogen-bond acceptors (Lipinski definition) is 8. The third kappa shape index (κ3) is 7.19. The lowest BCUT2D eigenvalue weighted by atomic mass is 9.33. The number of carboxylic acids is 1. The summed E-state index contributed by atoms with van der Waals surface area (Å²) in [7, 11) is 3.91. The number of fused-ring (bicyclic) bond motifs is 7. The van der Waals surface area contributed by atoms with Gasteiger partial charge in [-0.25, -0.2) is 0 Å². The van der Waals surface area contributed by atoms with Gasteiger partial charge in [-0.05, 0) is 141 Å². The van der Waals surface area contributed by atoms with Gasteiger partial charge < -0.3 is 29.9 Å². The van der Waals surface area contributed by atoms with Gasteiger partial charge >= 0.3 is 11.9 Å². The minimum absolute atomic E-state index is 0.0163. The van der Waals surface area contributed by atoms with Gasteiger partial charge in [0.2, 0.25) is 0 Å². The van der Waals surface area contributed by atoms with Crippen LogP contribution in [0.1, 0.15) is 137 Å². The molecule has 10 nitrogen and oxygen atoms in total. The first-order valence-electron chi connectivity index (χ1n) is 23.1. The van der Waals surface area contributed by atoms with Crippen molar-refractivity contribution < 1.29 is 38.9 Å². The number of carboxylic acid groups (broad SMARTS) is 1. The topological polar surface area (TPSA) is 142 Å². The van der Waals surface area contributed by atoms with E-state index in [1.807, 2.05) is 32.8 Å². The number of aliphatic hydroxyl groups excluding tert-OH is 1. The second-order valence-electron chi connectivity index (χ2n) is 22.7. The Morgan fingerprint density at radius 1 is 0.902 bits per heavy atom. The van der Waals surface area contributed by atoms with Gasteiger partial charge in [0.15, 0.2) is 5.78 Å². The molecule has 5 fully saturated rings. The van der Waals surface area contributed by atoms with Gasteiger partial charge in [-0.2, -0.15) is 0 Å². The van der Waals surface area contributed by atoms with Crippen LogP contribution in [0, 0.1) is 68.0 Å². The van der Waals surface area contributed by atoms with Crippen molar-refractivity contribution in [2.45, 2.75) is 139 Å². The number of aliphatic hydroxyl groups is 1. The monoisotopic (exact) mass is 865 g/mol. The number of Topliss-reactive ketones (excluding diaryl/α,β-unsaturated/α-hetero) is 1. The Balaban J connectivity index is 1.11. The normalized spacial score (nSPS) is 37.8. The molecule has 11 heteroatoms. The number of esters is 1. The van der Waals surface area contributed by atoms with Gasteiger partial charge in [0.25, 0.3) is 5.91 Å². The van der Waals surface area contributed by atoms with Crippen LogP contribution in [0.4, 0.5) is 0 Å². The van der Waals surface area contributed by atoms with Gasteiger partial charge in [0, 0.05) is 35.4 Å². The van der Waals surface area contributed by atoms with E-state index in [1.165, 1.54) is 0 Å². The van der Waals surface area contributed by atoms with Crippen molar-refractivity contribution in [3.63, 3.8) is 0 Å². The van der Waals surface area contributed by atoms with E-state index in [0.717, 1.165) is 56.1 Å². The van der Waals surface area contributed by atoms with Gasteiger partial charge in [0.1, 0.15) is 18.5 Å². The van der Waals surface area contributed by atoms with Crippen molar-refractivity contribution in [1.29, 1.82) is 0 Å². The van der Waals surface area contributed by atoms with Crippen LogP contribution in [0.5, 0.6) is 5.75 Å². The number of hydrogen-bond donors (Lipinski definition) is 3. The van der Waals surface area contributed by atoms with Crippen LogP contribution in [0.2, 0.25) is 5.02 Å². The zero-order valence-electron chi connectivity index (χ0n) is 38.7. The largest absolute Gasteiger partial charge is 0.491 e. The van der Waals surface area contributed by atoms with Crippen molar-refractivity contribution >= 4 is 35.2 Å². The molecule has 7 rings (SSSR count). The molecule has 0 aliphatic heterocycles. The molecule has 3 N–H and O–H groups in total. The highest BCUT2D eigenvalue weighted by Gasteiger charge is 2.71. The number of ether oxygens (including phenoxy) is 2. The summed E-state index contributed by atoms with van der Waals surface area (Å²) in [6.45, 7) is 21.2. The number of aliphatic carboxylic acids is 1. The fraction of sp³-hybridized carbons (Fsp3) is 0.760. The number of nitrogens with zero attached hydrogens (tertiary/aromatic N) is 1. The summed E-state index contributed by atoms with van der Waals surface area (Å²) in [5, 5.41) is 25.6. The molecule has 0 aromatic heterocycles. The van der Waals surface area contributed by atoms with Gasteiger partial charge in [-0.1, -0.05) is 79.5 Å². The van der Waals surface area contributed by atoms with Crippen LogP contribution < -0.4 is 10.1 Å². The fourth-order valence-electron chi connectivity index (χ4n) is 14.9. The molecule has 61 heavy (non-hydrogen) atoms. The Morgan fingerprint density at radius 3 is 2.25 bits per heavy atom. The molecule has 0 bridgehead atoms.